The Hall–Kier alpha value is -1.46. The summed E-state index contributed by atoms with van der Waals surface area (Å²) in [6.07, 6.45) is 2.57. The van der Waals surface area contributed by atoms with E-state index in [0.717, 1.165) is 17.3 Å². The highest BCUT2D eigenvalue weighted by atomic mass is 32.1. The molecule has 4 nitrogen and oxygen atoms in total. The van der Waals surface area contributed by atoms with Crippen LogP contribution in [-0.4, -0.2) is 16.2 Å². The molecule has 5 heteroatoms. The van der Waals surface area contributed by atoms with Crippen LogP contribution in [0.5, 0.6) is 10.9 Å². The Balaban J connectivity index is 1.61. The molecule has 1 aromatic heterocycles. The van der Waals surface area contributed by atoms with E-state index in [0.29, 0.717) is 11.2 Å². The molecule has 0 saturated heterocycles. The highest BCUT2D eigenvalue weighted by Crippen LogP contribution is 2.26. The first-order valence-electron chi connectivity index (χ1n) is 6.10. The van der Waals surface area contributed by atoms with Gasteiger partial charge in [0, 0.05) is 6.04 Å². The van der Waals surface area contributed by atoms with Crippen molar-refractivity contribution in [3.05, 3.63) is 34.8 Å². The Morgan fingerprint density at radius 3 is 3.06 bits per heavy atom. The monoisotopic (exact) mass is 261 g/mol. The Labute approximate surface area is 110 Å². The van der Waals surface area contributed by atoms with Crippen molar-refractivity contribution in [1.82, 2.24) is 15.5 Å². The molecule has 2 aromatic rings. The maximum Gasteiger partial charge on any atom is 0.299 e. The van der Waals surface area contributed by atoms with Crippen LogP contribution in [0.2, 0.25) is 0 Å². The molecular weight excluding hydrogens is 246 g/mol. The summed E-state index contributed by atoms with van der Waals surface area (Å²) in [5.74, 6) is 0.813. The minimum absolute atomic E-state index is 0.605. The maximum atomic E-state index is 5.68. The molecule has 94 valence electrons. The van der Waals surface area contributed by atoms with Gasteiger partial charge in [0.1, 0.15) is 10.8 Å². The second-order valence-electron chi connectivity index (χ2n) is 4.54. The predicted octanol–water partition coefficient (Wildman–Crippen LogP) is 2.89. The number of aromatic nitrogens is 2. The minimum Gasteiger partial charge on any atom is -0.430 e. The Kier molecular flexibility index (Phi) is 3.25. The molecular formula is C13H15N3OS. The molecule has 18 heavy (non-hydrogen) atoms. The van der Waals surface area contributed by atoms with E-state index in [1.807, 2.05) is 31.2 Å². The second-order valence-corrected chi connectivity index (χ2v) is 5.56. The van der Waals surface area contributed by atoms with Crippen molar-refractivity contribution >= 4 is 11.3 Å². The lowest BCUT2D eigenvalue weighted by Gasteiger charge is -2.01. The minimum atomic E-state index is 0.605. The van der Waals surface area contributed by atoms with Crippen LogP contribution in [0.25, 0.3) is 0 Å². The fourth-order valence-electron chi connectivity index (χ4n) is 1.65. The Morgan fingerprint density at radius 1 is 1.39 bits per heavy atom. The van der Waals surface area contributed by atoms with Crippen LogP contribution < -0.4 is 10.1 Å². The quantitative estimate of drug-likeness (QED) is 0.899. The lowest BCUT2D eigenvalue weighted by Crippen LogP contribution is -2.14. The third-order valence-corrected chi connectivity index (χ3v) is 3.56. The molecule has 1 aliphatic rings. The van der Waals surface area contributed by atoms with Gasteiger partial charge in [-0.05, 0) is 37.5 Å². The van der Waals surface area contributed by atoms with E-state index in [-0.39, 0.29) is 0 Å². The lowest BCUT2D eigenvalue weighted by atomic mass is 10.2. The van der Waals surface area contributed by atoms with E-state index in [2.05, 4.69) is 15.5 Å². The van der Waals surface area contributed by atoms with Crippen LogP contribution in [0.4, 0.5) is 0 Å². The van der Waals surface area contributed by atoms with Gasteiger partial charge in [-0.1, -0.05) is 28.6 Å². The normalized spacial score (nSPS) is 14.7. The number of benzene rings is 1. The van der Waals surface area contributed by atoms with Crippen molar-refractivity contribution in [3.8, 4) is 10.9 Å². The summed E-state index contributed by atoms with van der Waals surface area (Å²) in [6, 6.07) is 8.62. The highest BCUT2D eigenvalue weighted by Gasteiger charge is 2.20. The van der Waals surface area contributed by atoms with Crippen LogP contribution in [0.3, 0.4) is 0 Å². The zero-order valence-corrected chi connectivity index (χ0v) is 11.0. The van der Waals surface area contributed by atoms with E-state index in [9.17, 15) is 0 Å². The number of hydrogen-bond donors (Lipinski definition) is 1. The van der Waals surface area contributed by atoms with Crippen molar-refractivity contribution in [1.29, 1.82) is 0 Å². The molecule has 3 rings (SSSR count). The number of rotatable bonds is 5. The summed E-state index contributed by atoms with van der Waals surface area (Å²) < 4.78 is 5.68. The highest BCUT2D eigenvalue weighted by molar-refractivity contribution is 7.13. The molecule has 0 radical (unpaired) electrons. The topological polar surface area (TPSA) is 47.0 Å². The molecule has 1 saturated carbocycles. The Morgan fingerprint density at radius 2 is 2.28 bits per heavy atom. The molecule has 0 bridgehead atoms. The van der Waals surface area contributed by atoms with Crippen molar-refractivity contribution in [2.75, 3.05) is 0 Å². The van der Waals surface area contributed by atoms with Gasteiger partial charge in [0.05, 0.1) is 6.54 Å². The zero-order chi connectivity index (χ0) is 12.4. The van der Waals surface area contributed by atoms with Crippen LogP contribution >= 0.6 is 11.3 Å². The van der Waals surface area contributed by atoms with Gasteiger partial charge >= 0.3 is 0 Å². The molecule has 1 aromatic carbocycles. The summed E-state index contributed by atoms with van der Waals surface area (Å²) in [7, 11) is 0. The number of ether oxygens (including phenoxy) is 1. The predicted molar refractivity (Wildman–Crippen MR) is 71.0 cm³/mol. The van der Waals surface area contributed by atoms with Gasteiger partial charge in [0.25, 0.3) is 5.19 Å². The molecule has 0 amide bonds. The van der Waals surface area contributed by atoms with Crippen LogP contribution in [0, 0.1) is 6.92 Å². The largest absolute Gasteiger partial charge is 0.430 e. The molecule has 1 fully saturated rings. The van der Waals surface area contributed by atoms with Crippen molar-refractivity contribution < 1.29 is 4.74 Å². The van der Waals surface area contributed by atoms with Gasteiger partial charge in [-0.3, -0.25) is 0 Å². The lowest BCUT2D eigenvalue weighted by molar-refractivity contribution is 0.472. The first-order valence-corrected chi connectivity index (χ1v) is 6.91. The third-order valence-electron chi connectivity index (χ3n) is 2.76. The Bertz CT molecular complexity index is 537. The van der Waals surface area contributed by atoms with Crippen molar-refractivity contribution in [3.63, 3.8) is 0 Å². The summed E-state index contributed by atoms with van der Waals surface area (Å²) in [5.41, 5.74) is 1.17. The number of aryl methyl sites for hydroxylation is 1. The van der Waals surface area contributed by atoms with E-state index in [1.54, 1.807) is 0 Å². The van der Waals surface area contributed by atoms with E-state index < -0.39 is 0 Å². The average molecular weight is 261 g/mol. The average Bonchev–Trinajstić information content (AvgIpc) is 3.08. The SMILES string of the molecule is Cc1cccc(Oc2nnc(CNC3CC3)s2)c1. The van der Waals surface area contributed by atoms with Gasteiger partial charge in [-0.25, -0.2) is 0 Å². The van der Waals surface area contributed by atoms with Crippen LogP contribution in [-0.2, 0) is 6.54 Å². The molecule has 0 atom stereocenters. The van der Waals surface area contributed by atoms with E-state index >= 15 is 0 Å². The first-order chi connectivity index (χ1) is 8.79. The smallest absolute Gasteiger partial charge is 0.299 e. The summed E-state index contributed by atoms with van der Waals surface area (Å²) in [4.78, 5) is 0. The molecule has 1 heterocycles. The molecule has 0 aliphatic heterocycles. The van der Waals surface area contributed by atoms with Crippen LogP contribution in [0.1, 0.15) is 23.4 Å². The second kappa shape index (κ2) is 5.04. The van der Waals surface area contributed by atoms with Gasteiger partial charge in [-0.15, -0.1) is 5.10 Å². The fourth-order valence-corrected chi connectivity index (χ4v) is 2.31. The van der Waals surface area contributed by atoms with E-state index in [4.69, 9.17) is 4.74 Å². The fraction of sp³-hybridized carbons (Fsp3) is 0.385. The third kappa shape index (κ3) is 3.05. The maximum absolute atomic E-state index is 5.68. The van der Waals surface area contributed by atoms with Crippen molar-refractivity contribution in [2.24, 2.45) is 0 Å². The summed E-state index contributed by atoms with van der Waals surface area (Å²) >= 11 is 1.50. The van der Waals surface area contributed by atoms with Gasteiger partial charge in [-0.2, -0.15) is 0 Å². The first kappa shape index (κ1) is 11.6. The van der Waals surface area contributed by atoms with Crippen molar-refractivity contribution in [2.45, 2.75) is 32.4 Å². The van der Waals surface area contributed by atoms with Gasteiger partial charge < -0.3 is 10.1 Å². The standard InChI is InChI=1S/C13H15N3OS/c1-9-3-2-4-11(7-9)17-13-16-15-12(18-13)8-14-10-5-6-10/h2-4,7,10,14H,5-6,8H2,1H3. The molecule has 1 aliphatic carbocycles. The summed E-state index contributed by atoms with van der Waals surface area (Å²) in [6.45, 7) is 2.83. The molecule has 0 spiro atoms. The van der Waals surface area contributed by atoms with Gasteiger partial charge in [0.2, 0.25) is 0 Å². The van der Waals surface area contributed by atoms with E-state index in [1.165, 1.54) is 29.7 Å². The number of nitrogens with one attached hydrogen (secondary N) is 1. The zero-order valence-electron chi connectivity index (χ0n) is 10.2. The number of nitrogens with zero attached hydrogens (tertiary/aromatic N) is 2. The summed E-state index contributed by atoms with van der Waals surface area (Å²) in [5, 5.41) is 13.2. The number of hydrogen-bond acceptors (Lipinski definition) is 5. The molecule has 0 unspecified atom stereocenters. The van der Waals surface area contributed by atoms with Crippen LogP contribution in [0.15, 0.2) is 24.3 Å². The van der Waals surface area contributed by atoms with Gasteiger partial charge in [0.15, 0.2) is 0 Å². The molecule has 1 N–H and O–H groups in total.